The summed E-state index contributed by atoms with van der Waals surface area (Å²) in [7, 11) is 1.61. The highest BCUT2D eigenvalue weighted by molar-refractivity contribution is 5.90. The molecule has 0 aliphatic heterocycles. The van der Waals surface area contributed by atoms with Gasteiger partial charge in [0.25, 0.3) is 5.56 Å². The number of hydrogen-bond donors (Lipinski definition) is 1. The summed E-state index contributed by atoms with van der Waals surface area (Å²) in [5, 5.41) is 2.52. The number of oxazole rings is 1. The molecule has 126 valence electrons. The number of amides is 1. The predicted molar refractivity (Wildman–Crippen MR) is 87.6 cm³/mol. The fourth-order valence-electron chi connectivity index (χ4n) is 2.57. The minimum absolute atomic E-state index is 0.0116. The first kappa shape index (κ1) is 15.1. The molecule has 0 atom stereocenters. The smallest absolute Gasteiger partial charge is 0.302 e. The number of nitrogens with one attached hydrogen (secondary N) is 1. The molecule has 3 aromatic heterocycles. The Morgan fingerprint density at radius 3 is 3.00 bits per heavy atom. The molecule has 0 aliphatic rings. The van der Waals surface area contributed by atoms with Crippen molar-refractivity contribution >= 4 is 34.2 Å². The number of anilines is 1. The van der Waals surface area contributed by atoms with Crippen molar-refractivity contribution in [3.63, 3.8) is 0 Å². The van der Waals surface area contributed by atoms with E-state index < -0.39 is 5.82 Å². The number of nitrogens with zero attached hydrogens (tertiary/aromatic N) is 4. The zero-order valence-electron chi connectivity index (χ0n) is 13.1. The van der Waals surface area contributed by atoms with Crippen molar-refractivity contribution in [3.05, 3.63) is 52.8 Å². The molecule has 3 heterocycles. The zero-order chi connectivity index (χ0) is 17.6. The van der Waals surface area contributed by atoms with E-state index in [0.717, 1.165) is 0 Å². The topological polar surface area (TPSA) is 95.0 Å². The third kappa shape index (κ3) is 2.65. The van der Waals surface area contributed by atoms with Crippen LogP contribution in [-0.4, -0.2) is 25.0 Å². The molecule has 0 radical (unpaired) electrons. The summed E-state index contributed by atoms with van der Waals surface area (Å²) in [6, 6.07) is 6.93. The van der Waals surface area contributed by atoms with Crippen molar-refractivity contribution in [1.82, 2.24) is 19.1 Å². The first-order valence-electron chi connectivity index (χ1n) is 7.38. The maximum Gasteiger partial charge on any atom is 0.302 e. The van der Waals surface area contributed by atoms with Crippen molar-refractivity contribution in [3.8, 4) is 0 Å². The maximum absolute atomic E-state index is 13.2. The lowest BCUT2D eigenvalue weighted by atomic mass is 10.3. The molecular weight excluding hydrogens is 329 g/mol. The lowest BCUT2D eigenvalue weighted by Gasteiger charge is -2.04. The summed E-state index contributed by atoms with van der Waals surface area (Å²) in [6.45, 7) is -0.0399. The Balaban J connectivity index is 1.57. The van der Waals surface area contributed by atoms with Crippen LogP contribution in [0.4, 0.5) is 10.4 Å². The number of fused-ring (bicyclic) bond motifs is 2. The lowest BCUT2D eigenvalue weighted by Crippen LogP contribution is -2.19. The number of carbonyl (C=O) groups is 1. The molecule has 4 rings (SSSR count). The van der Waals surface area contributed by atoms with Crippen LogP contribution in [0.25, 0.3) is 22.3 Å². The van der Waals surface area contributed by atoms with E-state index in [1.807, 2.05) is 0 Å². The van der Waals surface area contributed by atoms with Crippen molar-refractivity contribution in [2.75, 3.05) is 5.32 Å². The van der Waals surface area contributed by atoms with Gasteiger partial charge in [0, 0.05) is 19.2 Å². The number of carbonyl (C=O) groups excluding carboxylic acids is 1. The number of aryl methyl sites for hydroxylation is 1. The summed E-state index contributed by atoms with van der Waals surface area (Å²) in [5.74, 6) is -0.836. The van der Waals surface area contributed by atoms with E-state index in [9.17, 15) is 14.0 Å². The number of halogens is 1. The van der Waals surface area contributed by atoms with Crippen molar-refractivity contribution in [2.45, 2.75) is 6.54 Å². The Bertz CT molecular complexity index is 1170. The van der Waals surface area contributed by atoms with Gasteiger partial charge >= 0.3 is 6.01 Å². The molecule has 0 aliphatic carbocycles. The highest BCUT2D eigenvalue weighted by atomic mass is 19.1. The van der Waals surface area contributed by atoms with Crippen LogP contribution in [0.2, 0.25) is 0 Å². The highest BCUT2D eigenvalue weighted by Crippen LogP contribution is 2.19. The van der Waals surface area contributed by atoms with Gasteiger partial charge in [-0.15, -0.1) is 0 Å². The normalized spacial score (nSPS) is 11.3. The summed E-state index contributed by atoms with van der Waals surface area (Å²) < 4.78 is 21.5. The van der Waals surface area contributed by atoms with Crippen LogP contribution in [0, 0.1) is 5.82 Å². The molecule has 0 unspecified atom stereocenters. The Kier molecular flexibility index (Phi) is 3.34. The van der Waals surface area contributed by atoms with Crippen LogP contribution in [0.1, 0.15) is 0 Å². The summed E-state index contributed by atoms with van der Waals surface area (Å²) in [4.78, 5) is 32.0. The molecule has 1 aromatic carbocycles. The van der Waals surface area contributed by atoms with Gasteiger partial charge < -0.3 is 8.98 Å². The van der Waals surface area contributed by atoms with Crippen LogP contribution in [-0.2, 0) is 18.4 Å². The lowest BCUT2D eigenvalue weighted by molar-refractivity contribution is -0.116. The molecule has 1 amide bonds. The monoisotopic (exact) mass is 341 g/mol. The van der Waals surface area contributed by atoms with E-state index in [0.29, 0.717) is 16.7 Å². The fourth-order valence-corrected chi connectivity index (χ4v) is 2.57. The van der Waals surface area contributed by atoms with Gasteiger partial charge in [-0.2, -0.15) is 4.98 Å². The molecule has 9 heteroatoms. The fraction of sp³-hybridized carbons (Fsp3) is 0.125. The SMILES string of the molecule is Cn1c(=O)ccc2c1ncn2CC(=O)Nc1nc2ccc(F)cc2o1. The van der Waals surface area contributed by atoms with Crippen molar-refractivity contribution in [2.24, 2.45) is 7.05 Å². The molecule has 25 heavy (non-hydrogen) atoms. The van der Waals surface area contributed by atoms with Crippen molar-refractivity contribution < 1.29 is 13.6 Å². The quantitative estimate of drug-likeness (QED) is 0.611. The average molecular weight is 341 g/mol. The van der Waals surface area contributed by atoms with Gasteiger partial charge in [0.15, 0.2) is 11.2 Å². The first-order valence-corrected chi connectivity index (χ1v) is 7.38. The molecule has 0 saturated heterocycles. The van der Waals surface area contributed by atoms with Gasteiger partial charge in [-0.3, -0.25) is 19.5 Å². The molecular formula is C16H12FN5O3. The third-order valence-electron chi connectivity index (χ3n) is 3.80. The largest absolute Gasteiger partial charge is 0.423 e. The average Bonchev–Trinajstić information content (AvgIpc) is 3.14. The number of benzene rings is 1. The maximum atomic E-state index is 13.2. The van der Waals surface area contributed by atoms with Gasteiger partial charge in [-0.25, -0.2) is 9.37 Å². The summed E-state index contributed by atoms with van der Waals surface area (Å²) >= 11 is 0. The second-order valence-electron chi connectivity index (χ2n) is 5.49. The third-order valence-corrected chi connectivity index (χ3v) is 3.80. The summed E-state index contributed by atoms with van der Waals surface area (Å²) in [5.41, 5.74) is 1.65. The van der Waals surface area contributed by atoms with Gasteiger partial charge in [-0.1, -0.05) is 0 Å². The molecule has 0 bridgehead atoms. The Labute approximate surface area is 139 Å². The van der Waals surface area contributed by atoms with E-state index in [-0.39, 0.29) is 29.6 Å². The minimum Gasteiger partial charge on any atom is -0.423 e. The van der Waals surface area contributed by atoms with E-state index in [4.69, 9.17) is 4.42 Å². The number of hydrogen-bond acceptors (Lipinski definition) is 5. The minimum atomic E-state index is -0.447. The van der Waals surface area contributed by atoms with Crippen molar-refractivity contribution in [1.29, 1.82) is 0 Å². The van der Waals surface area contributed by atoms with Crippen LogP contribution >= 0.6 is 0 Å². The highest BCUT2D eigenvalue weighted by Gasteiger charge is 2.13. The molecule has 4 aromatic rings. The van der Waals surface area contributed by atoms with E-state index in [1.54, 1.807) is 17.7 Å². The Morgan fingerprint density at radius 1 is 1.32 bits per heavy atom. The van der Waals surface area contributed by atoms with Crippen LogP contribution in [0.15, 0.2) is 45.9 Å². The molecule has 0 fully saturated rings. The standard InChI is InChI=1S/C16H12FN5O3/c1-21-14(24)5-4-11-15(21)18-8-22(11)7-13(23)20-16-19-10-3-2-9(17)6-12(10)25-16/h2-6,8H,7H2,1H3,(H,19,20,23). The van der Waals surface area contributed by atoms with Gasteiger partial charge in [0.2, 0.25) is 5.91 Å². The second-order valence-corrected chi connectivity index (χ2v) is 5.49. The predicted octanol–water partition coefficient (Wildman–Crippen LogP) is 1.65. The Hall–Kier alpha value is -3.49. The zero-order valence-corrected chi connectivity index (χ0v) is 13.1. The second kappa shape index (κ2) is 5.55. The van der Waals surface area contributed by atoms with E-state index in [2.05, 4.69) is 15.3 Å². The molecule has 8 nitrogen and oxygen atoms in total. The molecule has 0 spiro atoms. The summed E-state index contributed by atoms with van der Waals surface area (Å²) in [6.07, 6.45) is 1.48. The van der Waals surface area contributed by atoms with Crippen LogP contribution in [0.5, 0.6) is 0 Å². The van der Waals surface area contributed by atoms with Gasteiger partial charge in [0.1, 0.15) is 17.9 Å². The van der Waals surface area contributed by atoms with Crippen LogP contribution in [0.3, 0.4) is 0 Å². The van der Waals surface area contributed by atoms with Gasteiger partial charge in [0.05, 0.1) is 11.8 Å². The Morgan fingerprint density at radius 2 is 2.16 bits per heavy atom. The number of imidazole rings is 1. The molecule has 0 saturated carbocycles. The molecule has 1 N–H and O–H groups in total. The number of aromatic nitrogens is 4. The first-order chi connectivity index (χ1) is 12.0. The number of pyridine rings is 1. The van der Waals surface area contributed by atoms with Gasteiger partial charge in [-0.05, 0) is 18.2 Å². The van der Waals surface area contributed by atoms with Crippen LogP contribution < -0.4 is 10.9 Å². The number of rotatable bonds is 3. The van der Waals surface area contributed by atoms with E-state index in [1.165, 1.54) is 35.2 Å². The van der Waals surface area contributed by atoms with E-state index >= 15 is 0 Å².